The number of thioether (sulfide) groups is 1. The van der Waals surface area contributed by atoms with Crippen LogP contribution in [0.4, 0.5) is 10.8 Å². The van der Waals surface area contributed by atoms with Crippen molar-refractivity contribution >= 4 is 51.7 Å². The smallest absolute Gasteiger partial charge is 0.357 e. The molecule has 1 heterocycles. The summed E-state index contributed by atoms with van der Waals surface area (Å²) < 4.78 is 22.0. The van der Waals surface area contributed by atoms with E-state index in [1.807, 2.05) is 26.2 Å². The van der Waals surface area contributed by atoms with Gasteiger partial charge in [-0.1, -0.05) is 19.9 Å². The molecule has 0 bridgehead atoms. The molecule has 0 radical (unpaired) electrons. The summed E-state index contributed by atoms with van der Waals surface area (Å²) in [6.45, 7) is 5.30. The lowest BCUT2D eigenvalue weighted by Gasteiger charge is -2.19. The molecule has 0 unspecified atom stereocenters. The average Bonchev–Trinajstić information content (AvgIpc) is 3.35. The quantitative estimate of drug-likeness (QED) is 0.197. The predicted molar refractivity (Wildman–Crippen MR) is 189 cm³/mol. The lowest BCUT2D eigenvalue weighted by atomic mass is 9.95. The Morgan fingerprint density at radius 1 is 1.06 bits per heavy atom. The number of anilines is 2. The first-order valence-electron chi connectivity index (χ1n) is 15.4. The number of nitrogens with one attached hydrogen (secondary N) is 3. The van der Waals surface area contributed by atoms with Gasteiger partial charge in [0.25, 0.3) is 0 Å². The van der Waals surface area contributed by atoms with E-state index >= 15 is 0 Å². The van der Waals surface area contributed by atoms with Gasteiger partial charge in [0.15, 0.2) is 22.3 Å². The summed E-state index contributed by atoms with van der Waals surface area (Å²) in [6.07, 6.45) is 3.42. The Balaban J connectivity index is 1.80. The molecule has 0 saturated carbocycles. The fourth-order valence-electron chi connectivity index (χ4n) is 5.73. The van der Waals surface area contributed by atoms with Crippen molar-refractivity contribution in [2.24, 2.45) is 0 Å². The summed E-state index contributed by atoms with van der Waals surface area (Å²) in [5, 5.41) is 9.27. The highest BCUT2D eigenvalue weighted by atomic mass is 32.2. The van der Waals surface area contributed by atoms with Crippen LogP contribution < -0.4 is 35.6 Å². The molecule has 48 heavy (non-hydrogen) atoms. The molecule has 1 aromatic heterocycles. The number of hydrogen-bond acceptors (Lipinski definition) is 12. The van der Waals surface area contributed by atoms with E-state index < -0.39 is 24.0 Å². The third-order valence-corrected chi connectivity index (χ3v) is 9.87. The number of methoxy groups -OCH3 is 4. The zero-order valence-electron chi connectivity index (χ0n) is 28.4. The van der Waals surface area contributed by atoms with E-state index in [0.29, 0.717) is 58.3 Å². The number of thiazole rings is 1. The molecule has 1 aliphatic carbocycles. The predicted octanol–water partition coefficient (Wildman–Crippen LogP) is 5.40. The van der Waals surface area contributed by atoms with Crippen molar-refractivity contribution in [1.82, 2.24) is 10.3 Å². The summed E-state index contributed by atoms with van der Waals surface area (Å²) in [5.74, 6) is 0.753. The molecule has 0 spiro atoms. The summed E-state index contributed by atoms with van der Waals surface area (Å²) in [7, 11) is 5.90. The average molecular weight is 699 g/mol. The number of aryl methyl sites for hydroxylation is 1. The number of carbonyl (C=O) groups excluding carboxylic acids is 3. The van der Waals surface area contributed by atoms with Crippen molar-refractivity contribution in [3.05, 3.63) is 56.2 Å². The van der Waals surface area contributed by atoms with E-state index in [0.717, 1.165) is 11.1 Å². The molecule has 14 heteroatoms. The largest absolute Gasteiger partial charge is 0.493 e. The fraction of sp³-hybridized carbons (Fsp3) is 0.441. The minimum absolute atomic E-state index is 0.0126. The lowest BCUT2D eigenvalue weighted by Crippen LogP contribution is -2.36. The first-order chi connectivity index (χ1) is 23.0. The highest BCUT2D eigenvalue weighted by Crippen LogP contribution is 2.50. The molecular weight excluding hydrogens is 657 g/mol. The van der Waals surface area contributed by atoms with Crippen LogP contribution in [-0.2, 0) is 20.7 Å². The molecule has 2 aromatic carbocycles. The van der Waals surface area contributed by atoms with Crippen LogP contribution in [0.2, 0.25) is 0 Å². The van der Waals surface area contributed by atoms with E-state index in [1.54, 1.807) is 31.0 Å². The van der Waals surface area contributed by atoms with Gasteiger partial charge in [-0.25, -0.2) is 9.78 Å². The standard InChI is InChI=1S/C34H42N4O8S2/c1-17(2)31-28(33(42)46-7)37-34(48-31)38-32(41)24(13-14-47-8)36-23-12-10-20-21(16-25(23)40)22(35-18(3)39)11-9-19-15-26(43-4)29(44-5)30(45-6)27(19)20/h10,12,15-17,22,24H,9,11,13-14H2,1-8H3,(H,35,39)(H,36,40)(H,37,38,41)/t22-,24-/m0/s1. The van der Waals surface area contributed by atoms with Gasteiger partial charge in [-0.15, -0.1) is 11.3 Å². The van der Waals surface area contributed by atoms with Gasteiger partial charge in [0.05, 0.1) is 40.2 Å². The third-order valence-electron chi connectivity index (χ3n) is 7.96. The molecule has 1 aliphatic rings. The summed E-state index contributed by atoms with van der Waals surface area (Å²) in [6, 6.07) is 5.56. The van der Waals surface area contributed by atoms with Gasteiger partial charge in [-0.3, -0.25) is 14.4 Å². The van der Waals surface area contributed by atoms with E-state index in [4.69, 9.17) is 18.9 Å². The number of benzene rings is 1. The van der Waals surface area contributed by atoms with Crippen molar-refractivity contribution in [3.8, 4) is 28.4 Å². The fourth-order valence-corrected chi connectivity index (χ4v) is 7.16. The maximum Gasteiger partial charge on any atom is 0.357 e. The number of hydrogen-bond donors (Lipinski definition) is 3. The van der Waals surface area contributed by atoms with Crippen molar-refractivity contribution in [2.45, 2.75) is 58.0 Å². The molecule has 2 amide bonds. The van der Waals surface area contributed by atoms with Crippen LogP contribution in [0, 0.1) is 0 Å². The Bertz CT molecular complexity index is 1740. The van der Waals surface area contributed by atoms with Gasteiger partial charge >= 0.3 is 5.97 Å². The number of fused-ring (bicyclic) bond motifs is 3. The highest BCUT2D eigenvalue weighted by molar-refractivity contribution is 7.98. The van der Waals surface area contributed by atoms with Crippen LogP contribution in [0.3, 0.4) is 0 Å². The third kappa shape index (κ3) is 7.87. The molecule has 0 saturated heterocycles. The molecule has 2 atom stereocenters. The second kappa shape index (κ2) is 16.2. The van der Waals surface area contributed by atoms with Gasteiger partial charge in [0, 0.05) is 17.4 Å². The van der Waals surface area contributed by atoms with Gasteiger partial charge in [-0.05, 0) is 72.1 Å². The van der Waals surface area contributed by atoms with Crippen molar-refractivity contribution < 1.29 is 33.3 Å². The summed E-state index contributed by atoms with van der Waals surface area (Å²) >= 11 is 2.78. The molecule has 258 valence electrons. The van der Waals surface area contributed by atoms with Gasteiger partial charge in [-0.2, -0.15) is 11.8 Å². The minimum atomic E-state index is -0.808. The minimum Gasteiger partial charge on any atom is -0.493 e. The molecule has 0 fully saturated rings. The zero-order chi connectivity index (χ0) is 35.1. The number of aromatic nitrogens is 1. The van der Waals surface area contributed by atoms with E-state index in [-0.39, 0.29) is 33.8 Å². The molecule has 4 rings (SSSR count). The summed E-state index contributed by atoms with van der Waals surface area (Å²) in [4.78, 5) is 57.3. The SMILES string of the molecule is COC(=O)c1nc(NC(=O)[C@H](CCSC)Nc2ccc3c(cc2=O)[C@@H](NC(C)=O)CCc2cc(OC)c(OC)c(OC)c2-3)sc1C(C)C. The van der Waals surface area contributed by atoms with Crippen LogP contribution in [0.15, 0.2) is 29.1 Å². The number of rotatable bonds is 13. The van der Waals surface area contributed by atoms with Crippen LogP contribution >= 0.6 is 23.1 Å². The van der Waals surface area contributed by atoms with Crippen LogP contribution in [0.5, 0.6) is 17.2 Å². The monoisotopic (exact) mass is 698 g/mol. The van der Waals surface area contributed by atoms with E-state index in [1.165, 1.54) is 45.7 Å². The van der Waals surface area contributed by atoms with Crippen LogP contribution in [-0.4, -0.2) is 69.3 Å². The second-order valence-corrected chi connectivity index (χ2v) is 13.5. The Labute approximate surface area is 288 Å². The van der Waals surface area contributed by atoms with Gasteiger partial charge in [0.1, 0.15) is 6.04 Å². The van der Waals surface area contributed by atoms with Crippen LogP contribution in [0.25, 0.3) is 11.1 Å². The molecule has 12 nitrogen and oxygen atoms in total. The second-order valence-electron chi connectivity index (χ2n) is 11.4. The molecule has 3 aromatic rings. The number of amides is 2. The van der Waals surface area contributed by atoms with Gasteiger partial charge in [0.2, 0.25) is 23.0 Å². The first kappa shape index (κ1) is 36.5. The van der Waals surface area contributed by atoms with Crippen LogP contribution in [0.1, 0.15) is 72.1 Å². The Morgan fingerprint density at radius 3 is 2.40 bits per heavy atom. The maximum absolute atomic E-state index is 13.9. The van der Waals surface area contributed by atoms with E-state index in [2.05, 4.69) is 20.9 Å². The highest BCUT2D eigenvalue weighted by Gasteiger charge is 2.30. The number of esters is 1. The van der Waals surface area contributed by atoms with Gasteiger partial charge < -0.3 is 34.9 Å². The maximum atomic E-state index is 13.9. The topological polar surface area (TPSA) is 154 Å². The molecule has 3 N–H and O–H groups in total. The normalized spacial score (nSPS) is 14.1. The summed E-state index contributed by atoms with van der Waals surface area (Å²) in [5.41, 5.74) is 2.91. The number of nitrogens with zero attached hydrogens (tertiary/aromatic N) is 1. The van der Waals surface area contributed by atoms with Crippen molar-refractivity contribution in [3.63, 3.8) is 0 Å². The lowest BCUT2D eigenvalue weighted by molar-refractivity contribution is -0.120. The Morgan fingerprint density at radius 2 is 1.79 bits per heavy atom. The van der Waals surface area contributed by atoms with Crippen molar-refractivity contribution in [1.29, 1.82) is 0 Å². The molecule has 0 aliphatic heterocycles. The molecular formula is C34H42N4O8S2. The van der Waals surface area contributed by atoms with E-state index in [9.17, 15) is 19.2 Å². The number of ether oxygens (including phenoxy) is 4. The van der Waals surface area contributed by atoms with Crippen molar-refractivity contribution in [2.75, 3.05) is 51.1 Å². The number of carbonyl (C=O) groups is 3. The zero-order valence-corrected chi connectivity index (χ0v) is 30.0. The Kier molecular flexibility index (Phi) is 12.3. The Hall–Kier alpha value is -4.30. The first-order valence-corrected chi connectivity index (χ1v) is 17.6.